The summed E-state index contributed by atoms with van der Waals surface area (Å²) in [5.74, 6) is 0. The Morgan fingerprint density at radius 3 is 1.25 bits per heavy atom. The zero-order chi connectivity index (χ0) is 2.71. The predicted molar refractivity (Wildman–Crippen MR) is 8.92 cm³/mol. The molecule has 18 valence electrons. The first-order valence-electron chi connectivity index (χ1n) is 0.333. The van der Waals surface area contributed by atoms with Crippen molar-refractivity contribution in [1.82, 2.24) is 0 Å². The van der Waals surface area contributed by atoms with E-state index in [-0.39, 0.29) is 18.9 Å². The molecule has 0 aliphatic carbocycles. The molecule has 0 saturated carbocycles. The van der Waals surface area contributed by atoms with Gasteiger partial charge in [0.25, 0.3) is 0 Å². The van der Waals surface area contributed by atoms with Crippen molar-refractivity contribution in [2.75, 3.05) is 0 Å². The zero-order valence-corrected chi connectivity index (χ0v) is 3.04. The van der Waals surface area contributed by atoms with Crippen molar-refractivity contribution in [2.24, 2.45) is 0 Å². The molecule has 0 fully saturated rings. The van der Waals surface area contributed by atoms with Crippen LogP contribution in [0.15, 0.2) is 0 Å². The van der Waals surface area contributed by atoms with E-state index in [0.717, 1.165) is 0 Å². The Kier molecular flexibility index (Phi) is 21.9. The second-order valence-corrected chi connectivity index (χ2v) is 0.204. The van der Waals surface area contributed by atoms with Gasteiger partial charge in [0.2, 0.25) is 0 Å². The number of hydrogen-bond acceptors (Lipinski definition) is 2. The Bertz CT molecular complexity index is 27.0. The molecule has 4 heteroatoms. The van der Waals surface area contributed by atoms with Gasteiger partial charge in [-0.1, -0.05) is 0 Å². The topological polar surface area (TPSA) is 34.1 Å². The third kappa shape index (κ3) is 27.9. The van der Waals surface area contributed by atoms with Gasteiger partial charge in [-0.15, -0.1) is 0 Å². The molecule has 0 N–H and O–H groups in total. The van der Waals surface area contributed by atoms with Crippen molar-refractivity contribution in [3.63, 3.8) is 0 Å². The predicted octanol–water partition coefficient (Wildman–Crippen LogP) is -3.67. The summed E-state index contributed by atoms with van der Waals surface area (Å²) >= 11 is -0.750. The molecule has 0 aliphatic heterocycles. The van der Waals surface area contributed by atoms with Crippen LogP contribution in [0.2, 0.25) is 0 Å². The van der Waals surface area contributed by atoms with E-state index in [1.165, 1.54) is 0 Å². The van der Waals surface area contributed by atoms with Crippen LogP contribution in [0.25, 0.3) is 0 Å². The van der Waals surface area contributed by atoms with E-state index in [9.17, 15) is 0 Å². The summed E-state index contributed by atoms with van der Waals surface area (Å²) in [6.07, 6.45) is 0. The number of hydrogen-bond donors (Lipinski definition) is 0. The second kappa shape index (κ2) is 9.94. The van der Waals surface area contributed by atoms with Gasteiger partial charge < -0.3 is 0 Å². The molecule has 0 heterocycles. The van der Waals surface area contributed by atoms with Crippen LogP contribution >= 0.6 is 0 Å². The van der Waals surface area contributed by atoms with Gasteiger partial charge in [-0.3, -0.25) is 0 Å². The monoisotopic (exact) mass is 71.0 g/mol. The molecule has 4 heavy (non-hydrogen) atoms. The van der Waals surface area contributed by atoms with E-state index in [1.54, 1.807) is 0 Å². The van der Waals surface area contributed by atoms with E-state index in [2.05, 4.69) is 0 Å². The van der Waals surface area contributed by atoms with Gasteiger partial charge in [0.1, 0.15) is 0 Å². The van der Waals surface area contributed by atoms with E-state index in [0.29, 0.717) is 0 Å². The molecule has 0 bridgehead atoms. The Hall–Kier alpha value is 0.417. The summed E-state index contributed by atoms with van der Waals surface area (Å²) in [5, 5.41) is 0. The van der Waals surface area contributed by atoms with E-state index >= 15 is 0 Å². The smallest absolute Gasteiger partial charge is 0.168 e. The normalized spacial score (nSPS) is 3.00. The molecule has 0 rings (SSSR count). The summed E-state index contributed by atoms with van der Waals surface area (Å²) in [6.45, 7) is 0. The first-order chi connectivity index (χ1) is 1.41. The largest absolute Gasteiger partial charge is 1.00 e. The molecule has 0 saturated heterocycles. The Balaban J connectivity index is 0. The van der Waals surface area contributed by atoms with Gasteiger partial charge in [-0.2, -0.15) is 8.42 Å². The summed E-state index contributed by atoms with van der Waals surface area (Å²) in [5.41, 5.74) is 0. The van der Waals surface area contributed by atoms with E-state index in [1.807, 2.05) is 0 Å². The maximum atomic E-state index is 8.29. The number of rotatable bonds is 0. The van der Waals surface area contributed by atoms with Crippen LogP contribution in [0.3, 0.4) is 0 Å². The Morgan fingerprint density at radius 1 is 1.25 bits per heavy atom. The fourth-order valence-electron chi connectivity index (χ4n) is 0. The van der Waals surface area contributed by atoms with Crippen molar-refractivity contribution in [3.8, 4) is 0 Å². The molecule has 0 spiro atoms. The molecule has 0 aromatic carbocycles. The van der Waals surface area contributed by atoms with Gasteiger partial charge in [0, 0.05) is 0 Å². The van der Waals surface area contributed by atoms with Crippen LogP contribution < -0.4 is 18.9 Å². The molecule has 0 atom stereocenters. The van der Waals surface area contributed by atoms with Gasteiger partial charge in [0.15, 0.2) is 0 Å². The van der Waals surface area contributed by atoms with Crippen LogP contribution in [0.4, 0.5) is 0 Å². The van der Waals surface area contributed by atoms with Crippen LogP contribution in [0, 0.1) is 0 Å². The minimum atomic E-state index is -0.750. The Labute approximate surface area is 39.4 Å². The third-order valence-electron chi connectivity index (χ3n) is 0. The van der Waals surface area contributed by atoms with Crippen molar-refractivity contribution < 1.29 is 27.3 Å². The van der Waals surface area contributed by atoms with Crippen LogP contribution in [-0.2, 0) is 11.6 Å². The molecule has 0 aromatic heterocycles. The van der Waals surface area contributed by atoms with Crippen molar-refractivity contribution >= 4 is 11.6 Å². The molecule has 2 nitrogen and oxygen atoms in total. The standard InChI is InChI=1S/Li.O2S/c;1-3-2/q+1;. The van der Waals surface area contributed by atoms with Crippen molar-refractivity contribution in [3.05, 3.63) is 0 Å². The van der Waals surface area contributed by atoms with Crippen molar-refractivity contribution in [1.29, 1.82) is 0 Å². The van der Waals surface area contributed by atoms with Crippen molar-refractivity contribution in [2.45, 2.75) is 0 Å². The molecule has 0 aromatic rings. The van der Waals surface area contributed by atoms with Gasteiger partial charge in [0.05, 0.1) is 0 Å². The second-order valence-electron chi connectivity index (χ2n) is 0.0680. The minimum Gasteiger partial charge on any atom is -0.168 e. The van der Waals surface area contributed by atoms with Gasteiger partial charge in [-0.05, 0) is 0 Å². The molecule has 0 radical (unpaired) electrons. The zero-order valence-electron chi connectivity index (χ0n) is 2.22. The minimum absolute atomic E-state index is 0. The molecule has 0 aliphatic rings. The van der Waals surface area contributed by atoms with Crippen LogP contribution in [-0.4, -0.2) is 8.42 Å². The summed E-state index contributed by atoms with van der Waals surface area (Å²) in [6, 6.07) is 0. The Morgan fingerprint density at radius 2 is 1.25 bits per heavy atom. The maximum absolute atomic E-state index is 8.29. The van der Waals surface area contributed by atoms with E-state index < -0.39 is 11.6 Å². The average molecular weight is 71.0 g/mol. The average Bonchev–Trinajstić information content (AvgIpc) is 0.918. The SMILES string of the molecule is O=S=O.[Li+]. The van der Waals surface area contributed by atoms with Crippen LogP contribution in [0.1, 0.15) is 0 Å². The fraction of sp³-hybridized carbons (Fsp3) is 0. The van der Waals surface area contributed by atoms with Gasteiger partial charge in [-0.25, -0.2) is 0 Å². The fourth-order valence-corrected chi connectivity index (χ4v) is 0. The molecule has 0 amide bonds. The molecular weight excluding hydrogens is 71.0 g/mol. The summed E-state index contributed by atoms with van der Waals surface area (Å²) < 4.78 is 16.6. The van der Waals surface area contributed by atoms with Gasteiger partial charge >= 0.3 is 30.4 Å². The van der Waals surface area contributed by atoms with E-state index in [4.69, 9.17) is 8.42 Å². The first kappa shape index (κ1) is 8.83. The molecular formula is LiO2S+. The summed E-state index contributed by atoms with van der Waals surface area (Å²) in [4.78, 5) is 0. The first-order valence-corrected chi connectivity index (χ1v) is 1.00. The third-order valence-corrected chi connectivity index (χ3v) is 0. The quantitative estimate of drug-likeness (QED) is 0.276. The molecule has 0 unspecified atom stereocenters. The maximum Gasteiger partial charge on any atom is 1.00 e. The summed E-state index contributed by atoms with van der Waals surface area (Å²) in [7, 11) is 0. The van der Waals surface area contributed by atoms with Crippen LogP contribution in [0.5, 0.6) is 0 Å².